The van der Waals surface area contributed by atoms with Crippen molar-refractivity contribution in [3.8, 4) is 5.75 Å². The number of rotatable bonds is 8. The van der Waals surface area contributed by atoms with Crippen molar-refractivity contribution in [3.63, 3.8) is 0 Å². The summed E-state index contributed by atoms with van der Waals surface area (Å²) in [4.78, 5) is 22.5. The lowest BCUT2D eigenvalue weighted by Crippen LogP contribution is -2.48. The Morgan fingerprint density at radius 2 is 1.70 bits per heavy atom. The molecule has 6 nitrogen and oxygen atoms in total. The summed E-state index contributed by atoms with van der Waals surface area (Å²) >= 11 is 1.49. The zero-order chi connectivity index (χ0) is 25.6. The number of para-hydroxylation sites is 2. The van der Waals surface area contributed by atoms with Gasteiger partial charge in [0.2, 0.25) is 0 Å². The van der Waals surface area contributed by atoms with Gasteiger partial charge in [-0.15, -0.1) is 0 Å². The Bertz CT molecular complexity index is 1360. The first kappa shape index (κ1) is 25.0. The maximum absolute atomic E-state index is 13.0. The van der Waals surface area contributed by atoms with Crippen LogP contribution in [-0.2, 0) is 6.54 Å². The molecular weight excluding hydrogens is 494 g/mol. The number of aromatic nitrogens is 1. The molecule has 37 heavy (non-hydrogen) atoms. The molecule has 1 fully saturated rings. The molecule has 4 aromatic rings. The Balaban J connectivity index is 1.14. The van der Waals surface area contributed by atoms with E-state index in [1.165, 1.54) is 11.9 Å². The van der Waals surface area contributed by atoms with Gasteiger partial charge in [0.25, 0.3) is 5.91 Å². The molecular formula is C28H26F2N4O2S. The maximum Gasteiger partial charge on any atom is 0.387 e. The molecule has 1 N–H and O–H groups in total. The van der Waals surface area contributed by atoms with Crippen LogP contribution in [0.15, 0.2) is 90.0 Å². The van der Waals surface area contributed by atoms with Gasteiger partial charge >= 0.3 is 6.61 Å². The van der Waals surface area contributed by atoms with E-state index in [9.17, 15) is 13.6 Å². The third-order valence-corrected chi connectivity index (χ3v) is 7.14. The molecule has 0 bridgehead atoms. The normalized spacial score (nSPS) is 14.2. The molecule has 1 aliphatic heterocycles. The van der Waals surface area contributed by atoms with Crippen molar-refractivity contribution in [1.29, 1.82) is 0 Å². The van der Waals surface area contributed by atoms with Crippen molar-refractivity contribution in [3.05, 3.63) is 96.2 Å². The second-order valence-corrected chi connectivity index (χ2v) is 9.52. The number of benzene rings is 3. The monoisotopic (exact) mass is 520 g/mol. The smallest absolute Gasteiger partial charge is 0.387 e. The van der Waals surface area contributed by atoms with Crippen molar-refractivity contribution < 1.29 is 18.3 Å². The number of nitrogens with zero attached hydrogens (tertiary/aromatic N) is 3. The average molecular weight is 521 g/mol. The number of pyridine rings is 1. The Kier molecular flexibility index (Phi) is 7.82. The zero-order valence-electron chi connectivity index (χ0n) is 20.0. The molecule has 0 radical (unpaired) electrons. The van der Waals surface area contributed by atoms with Gasteiger partial charge in [0.1, 0.15) is 5.75 Å². The van der Waals surface area contributed by atoms with Crippen LogP contribution < -0.4 is 9.46 Å². The lowest BCUT2D eigenvalue weighted by Gasteiger charge is -2.35. The Morgan fingerprint density at radius 3 is 2.49 bits per heavy atom. The van der Waals surface area contributed by atoms with Gasteiger partial charge in [0.15, 0.2) is 0 Å². The van der Waals surface area contributed by atoms with Crippen LogP contribution in [0.3, 0.4) is 0 Å². The number of ether oxygens (including phenoxy) is 1. The van der Waals surface area contributed by atoms with E-state index >= 15 is 0 Å². The van der Waals surface area contributed by atoms with Gasteiger partial charge in [0.05, 0.1) is 10.4 Å². The van der Waals surface area contributed by atoms with Gasteiger partial charge in [-0.05, 0) is 54.4 Å². The number of piperazine rings is 1. The number of nitrogens with one attached hydrogen (secondary N) is 1. The summed E-state index contributed by atoms with van der Waals surface area (Å²) in [5, 5.41) is 1.08. The van der Waals surface area contributed by atoms with Crippen LogP contribution in [0.4, 0.5) is 14.5 Å². The number of carbonyl (C=O) groups is 1. The highest BCUT2D eigenvalue weighted by Crippen LogP contribution is 2.28. The van der Waals surface area contributed by atoms with E-state index < -0.39 is 6.61 Å². The van der Waals surface area contributed by atoms with Crippen molar-refractivity contribution in [2.75, 3.05) is 30.9 Å². The van der Waals surface area contributed by atoms with Crippen LogP contribution in [0, 0.1) is 0 Å². The molecule has 3 aromatic carbocycles. The molecule has 0 spiro atoms. The van der Waals surface area contributed by atoms with E-state index in [1.807, 2.05) is 65.6 Å². The van der Waals surface area contributed by atoms with E-state index in [0.717, 1.165) is 21.5 Å². The molecule has 9 heteroatoms. The minimum absolute atomic E-state index is 0.0152. The number of halogens is 2. The molecule has 1 aliphatic rings. The van der Waals surface area contributed by atoms with E-state index in [2.05, 4.69) is 19.3 Å². The Hall–Kier alpha value is -3.69. The minimum Gasteiger partial charge on any atom is -0.434 e. The molecule has 1 saturated heterocycles. The maximum atomic E-state index is 13.0. The number of fused-ring (bicyclic) bond motifs is 1. The number of alkyl halides is 2. The van der Waals surface area contributed by atoms with Gasteiger partial charge in [-0.2, -0.15) is 8.78 Å². The summed E-state index contributed by atoms with van der Waals surface area (Å²) < 4.78 is 33.4. The van der Waals surface area contributed by atoms with E-state index in [1.54, 1.807) is 24.4 Å². The summed E-state index contributed by atoms with van der Waals surface area (Å²) in [6.45, 7) is 0.0935. The first-order chi connectivity index (χ1) is 18.1. The topological polar surface area (TPSA) is 57.7 Å². The van der Waals surface area contributed by atoms with Crippen molar-refractivity contribution in [2.24, 2.45) is 0 Å². The van der Waals surface area contributed by atoms with Crippen LogP contribution >= 0.6 is 11.9 Å². The highest BCUT2D eigenvalue weighted by Gasteiger charge is 2.23. The fourth-order valence-electron chi connectivity index (χ4n) is 4.33. The lowest BCUT2D eigenvalue weighted by molar-refractivity contribution is -0.0508. The zero-order valence-corrected chi connectivity index (χ0v) is 20.8. The fourth-order valence-corrected chi connectivity index (χ4v) is 5.11. The van der Waals surface area contributed by atoms with Gasteiger partial charge in [-0.25, -0.2) is 0 Å². The molecule has 1 aromatic heterocycles. The first-order valence-corrected chi connectivity index (χ1v) is 12.8. The second-order valence-electron chi connectivity index (χ2n) is 8.67. The molecule has 0 atom stereocenters. The first-order valence-electron chi connectivity index (χ1n) is 12.0. The van der Waals surface area contributed by atoms with Crippen molar-refractivity contribution in [1.82, 2.24) is 14.8 Å². The van der Waals surface area contributed by atoms with Crippen LogP contribution in [0.1, 0.15) is 15.9 Å². The highest BCUT2D eigenvalue weighted by atomic mass is 32.2. The SMILES string of the molecule is O=C(c1ccc(NSc2cccc3cccnc23)cc1)N1CCN(Cc2ccccc2OC(F)F)CC1. The number of amides is 1. The molecule has 0 saturated carbocycles. The fraction of sp³-hybridized carbons (Fsp3) is 0.214. The summed E-state index contributed by atoms with van der Waals surface area (Å²) in [6.07, 6.45) is 1.79. The third-order valence-electron chi connectivity index (χ3n) is 6.25. The van der Waals surface area contributed by atoms with Gasteiger partial charge < -0.3 is 14.4 Å². The number of anilines is 1. The standard InChI is InChI=1S/C28H26F2N4O2S/c29-28(30)36-24-8-2-1-5-22(24)19-33-15-17-34(18-16-33)27(35)21-10-12-23(13-11-21)32-37-25-9-3-6-20-7-4-14-31-26(20)25/h1-14,28,32H,15-19H2. The summed E-state index contributed by atoms with van der Waals surface area (Å²) in [5.41, 5.74) is 3.18. The Morgan fingerprint density at radius 1 is 0.946 bits per heavy atom. The molecule has 2 heterocycles. The van der Waals surface area contributed by atoms with Gasteiger partial charge in [0, 0.05) is 61.1 Å². The predicted octanol–water partition coefficient (Wildman–Crippen LogP) is 5.91. The van der Waals surface area contributed by atoms with E-state index in [-0.39, 0.29) is 11.7 Å². The van der Waals surface area contributed by atoms with Crippen LogP contribution in [0.5, 0.6) is 5.75 Å². The van der Waals surface area contributed by atoms with Crippen molar-refractivity contribution in [2.45, 2.75) is 18.1 Å². The quantitative estimate of drug-likeness (QED) is 0.292. The summed E-state index contributed by atoms with van der Waals surface area (Å²) in [7, 11) is 0. The number of carbonyl (C=O) groups excluding carboxylic acids is 1. The summed E-state index contributed by atoms with van der Waals surface area (Å²) in [5.74, 6) is 0.179. The number of hydrogen-bond acceptors (Lipinski definition) is 6. The lowest BCUT2D eigenvalue weighted by atomic mass is 10.1. The van der Waals surface area contributed by atoms with Gasteiger partial charge in [-0.3, -0.25) is 14.7 Å². The van der Waals surface area contributed by atoms with Crippen molar-refractivity contribution >= 4 is 34.4 Å². The average Bonchev–Trinajstić information content (AvgIpc) is 2.93. The number of hydrogen-bond donors (Lipinski definition) is 1. The third kappa shape index (κ3) is 6.18. The van der Waals surface area contributed by atoms with E-state index in [0.29, 0.717) is 43.9 Å². The largest absolute Gasteiger partial charge is 0.434 e. The van der Waals surface area contributed by atoms with Crippen LogP contribution in [-0.4, -0.2) is 53.5 Å². The van der Waals surface area contributed by atoms with E-state index in [4.69, 9.17) is 0 Å². The van der Waals surface area contributed by atoms with Crippen LogP contribution in [0.2, 0.25) is 0 Å². The Labute approximate surface area is 218 Å². The minimum atomic E-state index is -2.86. The van der Waals surface area contributed by atoms with Crippen LogP contribution in [0.25, 0.3) is 10.9 Å². The predicted molar refractivity (Wildman–Crippen MR) is 142 cm³/mol. The highest BCUT2D eigenvalue weighted by molar-refractivity contribution is 8.00. The molecule has 190 valence electrons. The molecule has 1 amide bonds. The summed E-state index contributed by atoms with van der Waals surface area (Å²) in [6, 6.07) is 24.3. The molecule has 0 unspecified atom stereocenters. The molecule has 5 rings (SSSR count). The second kappa shape index (κ2) is 11.6. The van der Waals surface area contributed by atoms with Gasteiger partial charge in [-0.1, -0.05) is 36.4 Å². The molecule has 0 aliphatic carbocycles.